The molecule has 0 aliphatic heterocycles. The molecule has 7 nitrogen and oxygen atoms in total. The SMILES string of the molecule is C=CCONC(=O)c1ccccc1Nc1ccc2c(C=Cc3ccccn3)n[nH]c2c1. The Bertz CT molecular complexity index is 1230. The highest BCUT2D eigenvalue weighted by Crippen LogP contribution is 2.26. The Hall–Kier alpha value is -4.23. The maximum atomic E-state index is 12.4. The summed E-state index contributed by atoms with van der Waals surface area (Å²) in [5.41, 5.74) is 6.93. The molecular formula is C24H21N5O2. The predicted octanol–water partition coefficient (Wildman–Crippen LogP) is 4.72. The molecule has 0 saturated carbocycles. The number of para-hydroxylation sites is 1. The second kappa shape index (κ2) is 9.51. The van der Waals surface area contributed by atoms with Gasteiger partial charge in [-0.1, -0.05) is 24.3 Å². The molecule has 0 unspecified atom stereocenters. The van der Waals surface area contributed by atoms with E-state index in [0.29, 0.717) is 11.3 Å². The number of benzene rings is 2. The number of rotatable bonds is 8. The van der Waals surface area contributed by atoms with Crippen molar-refractivity contribution >= 4 is 40.3 Å². The summed E-state index contributed by atoms with van der Waals surface area (Å²) in [5, 5.41) is 11.7. The second-order valence-electron chi connectivity index (χ2n) is 6.66. The Morgan fingerprint density at radius 2 is 1.97 bits per heavy atom. The van der Waals surface area contributed by atoms with E-state index >= 15 is 0 Å². The zero-order valence-electron chi connectivity index (χ0n) is 16.7. The van der Waals surface area contributed by atoms with Gasteiger partial charge in [-0.05, 0) is 54.6 Å². The van der Waals surface area contributed by atoms with Crippen LogP contribution in [0.5, 0.6) is 0 Å². The van der Waals surface area contributed by atoms with Gasteiger partial charge in [-0.3, -0.25) is 19.7 Å². The average Bonchev–Trinajstić information content (AvgIpc) is 3.21. The molecule has 2 aromatic heterocycles. The highest BCUT2D eigenvalue weighted by Gasteiger charge is 2.12. The van der Waals surface area contributed by atoms with Crippen molar-refractivity contribution in [3.63, 3.8) is 0 Å². The molecule has 1 amide bonds. The minimum atomic E-state index is -0.338. The summed E-state index contributed by atoms with van der Waals surface area (Å²) in [7, 11) is 0. The number of carbonyl (C=O) groups is 1. The fourth-order valence-corrected chi connectivity index (χ4v) is 3.05. The van der Waals surface area contributed by atoms with Gasteiger partial charge >= 0.3 is 0 Å². The van der Waals surface area contributed by atoms with Crippen LogP contribution in [0.15, 0.2) is 79.5 Å². The van der Waals surface area contributed by atoms with E-state index in [1.54, 1.807) is 24.4 Å². The van der Waals surface area contributed by atoms with Gasteiger partial charge in [0.25, 0.3) is 5.91 Å². The zero-order chi connectivity index (χ0) is 21.5. The van der Waals surface area contributed by atoms with Gasteiger partial charge < -0.3 is 5.32 Å². The smallest absolute Gasteiger partial charge is 0.276 e. The van der Waals surface area contributed by atoms with E-state index in [9.17, 15) is 4.79 Å². The highest BCUT2D eigenvalue weighted by atomic mass is 16.6. The number of anilines is 2. The van der Waals surface area contributed by atoms with Crippen LogP contribution in [-0.2, 0) is 4.84 Å². The van der Waals surface area contributed by atoms with Crippen molar-refractivity contribution in [2.45, 2.75) is 0 Å². The number of pyridine rings is 1. The van der Waals surface area contributed by atoms with Crippen LogP contribution in [0.3, 0.4) is 0 Å². The van der Waals surface area contributed by atoms with Crippen molar-refractivity contribution in [3.8, 4) is 0 Å². The molecule has 0 spiro atoms. The summed E-state index contributed by atoms with van der Waals surface area (Å²) in [6.45, 7) is 3.78. The summed E-state index contributed by atoms with van der Waals surface area (Å²) in [4.78, 5) is 21.7. The zero-order valence-corrected chi connectivity index (χ0v) is 16.7. The van der Waals surface area contributed by atoms with E-state index in [-0.39, 0.29) is 12.5 Å². The first-order chi connectivity index (χ1) is 15.2. The number of hydrogen-bond donors (Lipinski definition) is 3. The molecule has 7 heteroatoms. The molecular weight excluding hydrogens is 390 g/mol. The minimum Gasteiger partial charge on any atom is -0.355 e. The Labute approximate surface area is 179 Å². The first kappa shape index (κ1) is 20.1. The van der Waals surface area contributed by atoms with E-state index in [1.165, 1.54) is 0 Å². The number of carbonyl (C=O) groups excluding carboxylic acids is 1. The molecule has 0 saturated heterocycles. The van der Waals surface area contributed by atoms with Crippen molar-refractivity contribution in [1.29, 1.82) is 0 Å². The summed E-state index contributed by atoms with van der Waals surface area (Å²) in [6, 6.07) is 18.8. The van der Waals surface area contributed by atoms with Gasteiger partial charge in [0.15, 0.2) is 0 Å². The third kappa shape index (κ3) is 4.85. The van der Waals surface area contributed by atoms with Crippen molar-refractivity contribution in [2.24, 2.45) is 0 Å². The summed E-state index contributed by atoms with van der Waals surface area (Å²) >= 11 is 0. The Morgan fingerprint density at radius 3 is 2.81 bits per heavy atom. The van der Waals surface area contributed by atoms with Crippen molar-refractivity contribution in [2.75, 3.05) is 11.9 Å². The maximum absolute atomic E-state index is 12.4. The van der Waals surface area contributed by atoms with Crippen molar-refractivity contribution in [1.82, 2.24) is 20.7 Å². The van der Waals surface area contributed by atoms with E-state index in [2.05, 4.69) is 32.6 Å². The van der Waals surface area contributed by atoms with Crippen LogP contribution < -0.4 is 10.8 Å². The van der Waals surface area contributed by atoms with Gasteiger partial charge in [0, 0.05) is 17.3 Å². The lowest BCUT2D eigenvalue weighted by molar-refractivity contribution is 0.0422. The topological polar surface area (TPSA) is 91.9 Å². The van der Waals surface area contributed by atoms with Crippen LogP contribution in [-0.4, -0.2) is 27.7 Å². The summed E-state index contributed by atoms with van der Waals surface area (Å²) in [5.74, 6) is -0.338. The number of hydrogen-bond acceptors (Lipinski definition) is 5. The number of amides is 1. The number of aromatic nitrogens is 3. The normalized spacial score (nSPS) is 11.0. The molecule has 2 heterocycles. The van der Waals surface area contributed by atoms with Gasteiger partial charge in [0.05, 0.1) is 34.8 Å². The molecule has 2 aromatic carbocycles. The molecule has 31 heavy (non-hydrogen) atoms. The van der Waals surface area contributed by atoms with E-state index in [4.69, 9.17) is 4.84 Å². The van der Waals surface area contributed by atoms with Gasteiger partial charge in [-0.15, -0.1) is 6.58 Å². The van der Waals surface area contributed by atoms with Crippen LogP contribution in [0.4, 0.5) is 11.4 Å². The lowest BCUT2D eigenvalue weighted by atomic mass is 10.1. The van der Waals surface area contributed by atoms with Crippen LogP contribution in [0.2, 0.25) is 0 Å². The number of nitrogens with one attached hydrogen (secondary N) is 3. The number of H-pyrrole nitrogens is 1. The average molecular weight is 411 g/mol. The van der Waals surface area contributed by atoms with E-state index < -0.39 is 0 Å². The number of nitrogens with zero attached hydrogens (tertiary/aromatic N) is 2. The molecule has 0 aliphatic carbocycles. The van der Waals surface area contributed by atoms with E-state index in [0.717, 1.165) is 28.0 Å². The Morgan fingerprint density at radius 1 is 1.10 bits per heavy atom. The third-order valence-corrected chi connectivity index (χ3v) is 4.51. The molecule has 3 N–H and O–H groups in total. The molecule has 0 radical (unpaired) electrons. The molecule has 0 bridgehead atoms. The predicted molar refractivity (Wildman–Crippen MR) is 123 cm³/mol. The lowest BCUT2D eigenvalue weighted by Gasteiger charge is -2.12. The first-order valence-electron chi connectivity index (χ1n) is 9.71. The molecule has 4 rings (SSSR count). The summed E-state index contributed by atoms with van der Waals surface area (Å²) < 4.78 is 0. The third-order valence-electron chi connectivity index (χ3n) is 4.51. The summed E-state index contributed by atoms with van der Waals surface area (Å²) in [6.07, 6.45) is 7.16. The quantitative estimate of drug-likeness (QED) is 0.222. The fourth-order valence-electron chi connectivity index (χ4n) is 3.05. The largest absolute Gasteiger partial charge is 0.355 e. The Kier molecular flexibility index (Phi) is 6.16. The monoisotopic (exact) mass is 411 g/mol. The van der Waals surface area contributed by atoms with Gasteiger partial charge in [0.1, 0.15) is 0 Å². The standard InChI is InChI=1S/C24H21N5O2/c1-2-15-31-29-24(30)20-8-3-4-9-21(20)26-18-10-12-19-22(27-28-23(19)16-18)13-11-17-7-5-6-14-25-17/h2-14,16,26H,1,15H2,(H,27,28)(H,29,30). The second-order valence-corrected chi connectivity index (χ2v) is 6.66. The maximum Gasteiger partial charge on any atom is 0.276 e. The molecule has 0 fully saturated rings. The number of aromatic amines is 1. The van der Waals surface area contributed by atoms with Crippen molar-refractivity contribution in [3.05, 3.63) is 96.5 Å². The van der Waals surface area contributed by atoms with Gasteiger partial charge in [-0.25, -0.2) is 5.48 Å². The van der Waals surface area contributed by atoms with Crippen molar-refractivity contribution < 1.29 is 9.63 Å². The first-order valence-corrected chi connectivity index (χ1v) is 9.71. The van der Waals surface area contributed by atoms with Crippen LogP contribution in [0.1, 0.15) is 21.7 Å². The minimum absolute atomic E-state index is 0.231. The van der Waals surface area contributed by atoms with Crippen LogP contribution in [0, 0.1) is 0 Å². The number of fused-ring (bicyclic) bond motifs is 1. The molecule has 0 aliphatic rings. The van der Waals surface area contributed by atoms with Gasteiger partial charge in [0.2, 0.25) is 0 Å². The fraction of sp³-hybridized carbons (Fsp3) is 0.0417. The van der Waals surface area contributed by atoms with Crippen LogP contribution in [0.25, 0.3) is 23.1 Å². The van der Waals surface area contributed by atoms with E-state index in [1.807, 2.05) is 60.7 Å². The van der Waals surface area contributed by atoms with Gasteiger partial charge in [-0.2, -0.15) is 5.10 Å². The number of hydroxylamine groups is 1. The Balaban J connectivity index is 1.53. The van der Waals surface area contributed by atoms with Crippen LogP contribution >= 0.6 is 0 Å². The highest BCUT2D eigenvalue weighted by molar-refractivity contribution is 6.00. The lowest BCUT2D eigenvalue weighted by Crippen LogP contribution is -2.24. The molecule has 154 valence electrons. The molecule has 0 atom stereocenters. The molecule has 4 aromatic rings.